The number of phosphoric acid groups is 2. The molecule has 0 aliphatic heterocycles. The lowest BCUT2D eigenvalue weighted by Gasteiger charge is -2.21. The number of ether oxygens (including phenoxy) is 3. The number of hydrogen-bond acceptors (Lipinski definition) is 14. The first-order valence-corrected chi connectivity index (χ1v) is 37.5. The fourth-order valence-corrected chi connectivity index (χ4v) is 10.2. The Balaban J connectivity index is 4.69. The van der Waals surface area contributed by atoms with E-state index in [1.165, 1.54) is 38.5 Å². The van der Waals surface area contributed by atoms with Crippen LogP contribution in [0.2, 0.25) is 0 Å². The predicted octanol–water partition coefficient (Wildman–Crippen LogP) is 19.2. The lowest BCUT2D eigenvalue weighted by molar-refractivity contribution is -0.161. The van der Waals surface area contributed by atoms with Gasteiger partial charge in [0.25, 0.3) is 0 Å². The van der Waals surface area contributed by atoms with Crippen molar-refractivity contribution in [1.29, 1.82) is 0 Å². The molecule has 0 saturated carbocycles. The van der Waals surface area contributed by atoms with Crippen LogP contribution in [0.5, 0.6) is 0 Å². The average molecular weight is 1320 g/mol. The minimum atomic E-state index is -4.94. The lowest BCUT2D eigenvalue weighted by atomic mass is 10.1. The van der Waals surface area contributed by atoms with Crippen molar-refractivity contribution in [3.8, 4) is 0 Å². The summed E-state index contributed by atoms with van der Waals surface area (Å²) in [6.07, 6.45) is 76.4. The van der Waals surface area contributed by atoms with Gasteiger partial charge in [-0.3, -0.25) is 32.5 Å². The van der Waals surface area contributed by atoms with Crippen molar-refractivity contribution in [3.05, 3.63) is 134 Å². The van der Waals surface area contributed by atoms with Gasteiger partial charge in [-0.1, -0.05) is 231 Å². The molecule has 0 heterocycles. The van der Waals surface area contributed by atoms with Gasteiger partial charge in [-0.05, 0) is 135 Å². The third-order valence-electron chi connectivity index (χ3n) is 13.8. The molecule has 520 valence electrons. The van der Waals surface area contributed by atoms with Crippen LogP contribution in [0.25, 0.3) is 0 Å². The maximum Gasteiger partial charge on any atom is 0.472 e. The summed E-state index contributed by atoms with van der Waals surface area (Å²) in [6.45, 7) is 2.35. The molecule has 0 saturated heterocycles. The SMILES string of the molecule is CC/C=C\C/C=C\C/C=C\C/C=C\C/C=C\C/C=C\CCCCCCC(=O)OCC(O)COP(=O)(O)OCC(O)COP(=O)(O)OCC(COC(=O)CCCCCC/C=C\C/C=C\C/C=C\C/C=C\CC)OC(=O)CCCCCCC/C=C\CCCCCCCC. The van der Waals surface area contributed by atoms with Gasteiger partial charge in [0.2, 0.25) is 0 Å². The summed E-state index contributed by atoms with van der Waals surface area (Å²) in [6, 6.07) is 0. The number of aliphatic hydroxyl groups excluding tert-OH is 2. The molecular weight excluding hydrogens is 1190 g/mol. The van der Waals surface area contributed by atoms with Crippen molar-refractivity contribution >= 4 is 33.6 Å². The van der Waals surface area contributed by atoms with Crippen LogP contribution in [-0.4, -0.2) is 95.9 Å². The highest BCUT2D eigenvalue weighted by Crippen LogP contribution is 2.45. The number of unbranched alkanes of at least 4 members (excludes halogenated alkanes) is 19. The minimum Gasteiger partial charge on any atom is -0.463 e. The molecule has 18 heteroatoms. The van der Waals surface area contributed by atoms with E-state index in [0.29, 0.717) is 19.3 Å². The molecule has 0 aromatic carbocycles. The van der Waals surface area contributed by atoms with E-state index in [4.69, 9.17) is 32.3 Å². The summed E-state index contributed by atoms with van der Waals surface area (Å²) in [5, 5.41) is 20.5. The largest absolute Gasteiger partial charge is 0.472 e. The summed E-state index contributed by atoms with van der Waals surface area (Å²) < 4.78 is 60.9. The Kier molecular flexibility index (Phi) is 62.6. The quantitative estimate of drug-likeness (QED) is 0.0146. The molecule has 5 atom stereocenters. The van der Waals surface area contributed by atoms with Gasteiger partial charge in [-0.2, -0.15) is 0 Å². The van der Waals surface area contributed by atoms with E-state index < -0.39 is 91.5 Å². The second-order valence-electron chi connectivity index (χ2n) is 22.6. The maximum absolute atomic E-state index is 12.9. The Morgan fingerprint density at radius 1 is 0.319 bits per heavy atom. The molecule has 0 aliphatic carbocycles. The fraction of sp³-hybridized carbons (Fsp3) is 0.658. The molecule has 0 aromatic heterocycles. The number of carbonyl (C=O) groups is 3. The zero-order valence-electron chi connectivity index (χ0n) is 56.2. The van der Waals surface area contributed by atoms with Crippen LogP contribution >= 0.6 is 15.6 Å². The van der Waals surface area contributed by atoms with Gasteiger partial charge in [0, 0.05) is 19.3 Å². The van der Waals surface area contributed by atoms with E-state index in [1.54, 1.807) is 0 Å². The van der Waals surface area contributed by atoms with Gasteiger partial charge in [0.15, 0.2) is 6.10 Å². The summed E-state index contributed by atoms with van der Waals surface area (Å²) in [5.74, 6) is -1.64. The van der Waals surface area contributed by atoms with Crippen LogP contribution in [-0.2, 0) is 55.8 Å². The first-order chi connectivity index (χ1) is 44.2. The van der Waals surface area contributed by atoms with Crippen LogP contribution in [0.4, 0.5) is 0 Å². The highest BCUT2D eigenvalue weighted by Gasteiger charge is 2.29. The first kappa shape index (κ1) is 86.7. The third-order valence-corrected chi connectivity index (χ3v) is 15.7. The van der Waals surface area contributed by atoms with Gasteiger partial charge >= 0.3 is 33.6 Å². The number of allylic oxidation sites excluding steroid dienone is 22. The molecule has 0 fully saturated rings. The van der Waals surface area contributed by atoms with Gasteiger partial charge in [0.05, 0.1) is 26.4 Å². The van der Waals surface area contributed by atoms with Gasteiger partial charge in [-0.25, -0.2) is 9.13 Å². The van der Waals surface area contributed by atoms with E-state index in [2.05, 4.69) is 154 Å². The Labute approximate surface area is 550 Å². The molecular formula is C73H122O16P2. The fourth-order valence-electron chi connectivity index (χ4n) is 8.62. The number of hydrogen-bond donors (Lipinski definition) is 4. The Bertz CT molecular complexity index is 2190. The molecule has 0 rings (SSSR count). The zero-order chi connectivity index (χ0) is 66.7. The maximum atomic E-state index is 12.9. The summed E-state index contributed by atoms with van der Waals surface area (Å²) >= 11 is 0. The second kappa shape index (κ2) is 65.7. The van der Waals surface area contributed by atoms with Gasteiger partial charge < -0.3 is 34.2 Å². The first-order valence-electron chi connectivity index (χ1n) is 34.5. The smallest absolute Gasteiger partial charge is 0.463 e. The molecule has 0 spiro atoms. The number of phosphoric ester groups is 2. The van der Waals surface area contributed by atoms with Crippen molar-refractivity contribution in [2.24, 2.45) is 0 Å². The third kappa shape index (κ3) is 66.9. The summed E-state index contributed by atoms with van der Waals surface area (Å²) in [4.78, 5) is 58.4. The van der Waals surface area contributed by atoms with Crippen molar-refractivity contribution in [2.75, 3.05) is 39.6 Å². The van der Waals surface area contributed by atoms with Crippen LogP contribution < -0.4 is 0 Å². The van der Waals surface area contributed by atoms with Gasteiger partial charge in [0.1, 0.15) is 25.4 Å². The zero-order valence-corrected chi connectivity index (χ0v) is 58.0. The molecule has 0 amide bonds. The number of rotatable bonds is 64. The van der Waals surface area contributed by atoms with Crippen LogP contribution in [0.3, 0.4) is 0 Å². The van der Waals surface area contributed by atoms with Crippen molar-refractivity contribution in [2.45, 2.75) is 270 Å². The molecule has 91 heavy (non-hydrogen) atoms. The molecule has 0 radical (unpaired) electrons. The van der Waals surface area contributed by atoms with Gasteiger partial charge in [-0.15, -0.1) is 0 Å². The Morgan fingerprint density at radius 2 is 0.582 bits per heavy atom. The number of esters is 3. The molecule has 0 bridgehead atoms. The second-order valence-corrected chi connectivity index (χ2v) is 25.5. The topological polar surface area (TPSA) is 231 Å². The van der Waals surface area contributed by atoms with E-state index in [1.807, 2.05) is 0 Å². The van der Waals surface area contributed by atoms with Crippen LogP contribution in [0, 0.1) is 0 Å². The molecule has 0 aliphatic rings. The standard InChI is InChI=1S/C73H122O16P2/c1-4-7-10-13-16-19-22-25-28-30-31-32-33-34-35-37-40-41-44-47-50-53-56-59-71(76)83-62-68(74)63-85-90(79,80)86-64-69(75)65-87-91(81,82)88-67-70(89-73(78)61-58-55-52-49-46-43-38-27-24-21-18-15-12-9-6-3)66-84-72(77)60-57-54-51-48-45-42-39-36-29-26-23-20-17-14-11-8-5-2/h7-8,10-11,16-17,19-20,25-29,31-32,34-35,38-42,68-70,74-75H,4-6,9,12-15,18,21-24,30,33,36-37,43-67H2,1-3H3,(H,79,80)(H,81,82)/b10-7-,11-8-,19-16-,20-17-,28-25-,29-26-,32-31-,35-34-,38-27-,41-40-,42-39-. The van der Waals surface area contributed by atoms with E-state index in [-0.39, 0.29) is 19.3 Å². The van der Waals surface area contributed by atoms with E-state index in [9.17, 15) is 43.5 Å². The summed E-state index contributed by atoms with van der Waals surface area (Å²) in [7, 11) is -9.80. The Morgan fingerprint density at radius 3 is 0.934 bits per heavy atom. The molecule has 0 aromatic rings. The average Bonchev–Trinajstić information content (AvgIpc) is 3.63. The molecule has 4 N–H and O–H groups in total. The van der Waals surface area contributed by atoms with E-state index in [0.717, 1.165) is 154 Å². The minimum absolute atomic E-state index is 0.0853. The number of carbonyl (C=O) groups excluding carboxylic acids is 3. The normalized spacial score (nSPS) is 15.0. The molecule has 5 unspecified atom stereocenters. The van der Waals surface area contributed by atoms with Crippen molar-refractivity contribution in [1.82, 2.24) is 0 Å². The predicted molar refractivity (Wildman–Crippen MR) is 371 cm³/mol. The van der Waals surface area contributed by atoms with Crippen molar-refractivity contribution < 1.29 is 75.8 Å². The highest BCUT2D eigenvalue weighted by atomic mass is 31.2. The monoisotopic (exact) mass is 1320 g/mol. The van der Waals surface area contributed by atoms with Crippen LogP contribution in [0.1, 0.15) is 252 Å². The summed E-state index contributed by atoms with van der Waals surface area (Å²) in [5.41, 5.74) is 0. The lowest BCUT2D eigenvalue weighted by Crippen LogP contribution is -2.30. The van der Waals surface area contributed by atoms with Crippen LogP contribution in [0.15, 0.2) is 134 Å². The van der Waals surface area contributed by atoms with E-state index >= 15 is 0 Å². The number of aliphatic hydroxyl groups is 2. The highest BCUT2D eigenvalue weighted by molar-refractivity contribution is 7.47. The molecule has 16 nitrogen and oxygen atoms in total. The Hall–Kier alpha value is -4.31. The van der Waals surface area contributed by atoms with Crippen molar-refractivity contribution in [3.63, 3.8) is 0 Å².